The number of aliphatic carboxylic acids is 2. The summed E-state index contributed by atoms with van der Waals surface area (Å²) in [5.74, 6) is -3.81. The summed E-state index contributed by atoms with van der Waals surface area (Å²) in [6.07, 6.45) is 0. The number of piperazine rings is 1. The van der Waals surface area contributed by atoms with Gasteiger partial charge in [0.2, 0.25) is 0 Å². The van der Waals surface area contributed by atoms with Crippen LogP contribution in [0, 0.1) is 12.7 Å². The summed E-state index contributed by atoms with van der Waals surface area (Å²) in [7, 11) is 0. The number of rotatable bonds is 4. The van der Waals surface area contributed by atoms with Crippen molar-refractivity contribution in [1.82, 2.24) is 9.80 Å². The Morgan fingerprint density at radius 2 is 1.36 bits per heavy atom. The Morgan fingerprint density at radius 3 is 1.82 bits per heavy atom. The highest BCUT2D eigenvalue weighted by atomic mass is 19.1. The summed E-state index contributed by atoms with van der Waals surface area (Å²) in [5.41, 5.74) is 3.91. The molecule has 0 spiro atoms. The summed E-state index contributed by atoms with van der Waals surface area (Å²) in [6.45, 7) is 8.42. The lowest BCUT2D eigenvalue weighted by Gasteiger charge is -2.34. The lowest BCUT2D eigenvalue weighted by Crippen LogP contribution is -2.45. The molecule has 0 aliphatic carbocycles. The van der Waals surface area contributed by atoms with Crippen molar-refractivity contribution in [3.8, 4) is 0 Å². The van der Waals surface area contributed by atoms with Crippen LogP contribution in [0.5, 0.6) is 0 Å². The second-order valence-electron chi connectivity index (χ2n) is 6.78. The van der Waals surface area contributed by atoms with Gasteiger partial charge in [0.05, 0.1) is 0 Å². The predicted octanol–water partition coefficient (Wildman–Crippen LogP) is 2.61. The molecule has 1 fully saturated rings. The lowest BCUT2D eigenvalue weighted by atomic mass is 10.1. The van der Waals surface area contributed by atoms with Gasteiger partial charge >= 0.3 is 11.9 Å². The number of carbonyl (C=O) groups is 2. The molecule has 1 aliphatic rings. The van der Waals surface area contributed by atoms with Crippen LogP contribution in [0.1, 0.15) is 16.7 Å². The van der Waals surface area contributed by atoms with E-state index in [0.717, 1.165) is 39.3 Å². The molecule has 2 N–H and O–H groups in total. The van der Waals surface area contributed by atoms with E-state index in [9.17, 15) is 4.39 Å². The monoisotopic (exact) mass is 388 g/mol. The number of carboxylic acids is 2. The first kappa shape index (κ1) is 21.5. The number of hydrogen-bond donors (Lipinski definition) is 2. The second kappa shape index (κ2) is 10.5. The Kier molecular flexibility index (Phi) is 8.10. The molecule has 0 aromatic heterocycles. The molecule has 150 valence electrons. The van der Waals surface area contributed by atoms with Gasteiger partial charge in [0.25, 0.3) is 0 Å². The van der Waals surface area contributed by atoms with Crippen molar-refractivity contribution in [2.45, 2.75) is 20.0 Å². The smallest absolute Gasteiger partial charge is 0.414 e. The zero-order chi connectivity index (χ0) is 20.5. The number of benzene rings is 2. The minimum Gasteiger partial charge on any atom is -0.473 e. The van der Waals surface area contributed by atoms with E-state index in [1.165, 1.54) is 16.7 Å². The molecule has 1 saturated heterocycles. The molecular weight excluding hydrogens is 363 g/mol. The average molecular weight is 388 g/mol. The summed E-state index contributed by atoms with van der Waals surface area (Å²) >= 11 is 0. The quantitative estimate of drug-likeness (QED) is 0.784. The van der Waals surface area contributed by atoms with E-state index in [4.69, 9.17) is 19.8 Å². The maximum atomic E-state index is 12.9. The summed E-state index contributed by atoms with van der Waals surface area (Å²) < 4.78 is 12.9. The van der Waals surface area contributed by atoms with E-state index < -0.39 is 11.9 Å². The van der Waals surface area contributed by atoms with Crippen molar-refractivity contribution < 1.29 is 24.2 Å². The van der Waals surface area contributed by atoms with Gasteiger partial charge in [-0.2, -0.15) is 0 Å². The largest absolute Gasteiger partial charge is 0.473 e. The van der Waals surface area contributed by atoms with Crippen LogP contribution in [0.2, 0.25) is 0 Å². The molecule has 2 aromatic rings. The third-order valence-corrected chi connectivity index (χ3v) is 4.46. The third-order valence-electron chi connectivity index (χ3n) is 4.46. The van der Waals surface area contributed by atoms with Gasteiger partial charge in [-0.05, 0) is 30.2 Å². The second-order valence-corrected chi connectivity index (χ2v) is 6.78. The minimum atomic E-state index is -1.82. The molecular formula is C21H25FN2O4. The number of aryl methyl sites for hydroxylation is 1. The Hall–Kier alpha value is -2.77. The molecule has 0 saturated carbocycles. The third kappa shape index (κ3) is 7.46. The maximum absolute atomic E-state index is 12.9. The van der Waals surface area contributed by atoms with Gasteiger partial charge < -0.3 is 10.2 Å². The average Bonchev–Trinajstić information content (AvgIpc) is 2.66. The van der Waals surface area contributed by atoms with Gasteiger partial charge in [0.15, 0.2) is 0 Å². The fourth-order valence-corrected chi connectivity index (χ4v) is 3.02. The van der Waals surface area contributed by atoms with Crippen LogP contribution in [0.4, 0.5) is 4.39 Å². The van der Waals surface area contributed by atoms with E-state index in [2.05, 4.69) is 41.0 Å². The Balaban J connectivity index is 0.000000409. The van der Waals surface area contributed by atoms with Crippen LogP contribution in [-0.4, -0.2) is 58.1 Å². The molecule has 3 rings (SSSR count). The van der Waals surface area contributed by atoms with Gasteiger partial charge in [0, 0.05) is 39.3 Å². The molecule has 1 heterocycles. The number of halogens is 1. The molecule has 6 nitrogen and oxygen atoms in total. The van der Waals surface area contributed by atoms with Gasteiger partial charge in [-0.1, -0.05) is 42.0 Å². The van der Waals surface area contributed by atoms with Crippen LogP contribution in [-0.2, 0) is 22.7 Å². The molecule has 7 heteroatoms. The summed E-state index contributed by atoms with van der Waals surface area (Å²) in [6, 6.07) is 15.6. The standard InChI is InChI=1S/C19H23FN2.C2H2O4/c1-16-3-2-4-18(13-16)15-22-11-9-21(10-12-22)14-17-5-7-19(20)8-6-17;3-1(4)2(5)6/h2-8,13H,9-12,14-15H2,1H3;(H,3,4)(H,5,6). The molecule has 0 atom stereocenters. The van der Waals surface area contributed by atoms with Gasteiger partial charge in [-0.25, -0.2) is 14.0 Å². The Labute approximate surface area is 163 Å². The normalized spacial score (nSPS) is 14.8. The van der Waals surface area contributed by atoms with Crippen molar-refractivity contribution in [3.63, 3.8) is 0 Å². The maximum Gasteiger partial charge on any atom is 0.414 e. The highest BCUT2D eigenvalue weighted by Gasteiger charge is 2.17. The van der Waals surface area contributed by atoms with E-state index in [1.54, 1.807) is 12.1 Å². The summed E-state index contributed by atoms with van der Waals surface area (Å²) in [5, 5.41) is 14.8. The van der Waals surface area contributed by atoms with Crippen LogP contribution >= 0.6 is 0 Å². The van der Waals surface area contributed by atoms with Gasteiger partial charge in [-0.3, -0.25) is 9.80 Å². The topological polar surface area (TPSA) is 81.1 Å². The van der Waals surface area contributed by atoms with Crippen molar-refractivity contribution in [1.29, 1.82) is 0 Å². The molecule has 0 radical (unpaired) electrons. The minimum absolute atomic E-state index is 0.160. The van der Waals surface area contributed by atoms with E-state index in [1.807, 2.05) is 12.1 Å². The fourth-order valence-electron chi connectivity index (χ4n) is 3.02. The molecule has 0 unspecified atom stereocenters. The van der Waals surface area contributed by atoms with Crippen LogP contribution in [0.25, 0.3) is 0 Å². The molecule has 28 heavy (non-hydrogen) atoms. The van der Waals surface area contributed by atoms with E-state index >= 15 is 0 Å². The Morgan fingerprint density at radius 1 is 0.857 bits per heavy atom. The first-order chi connectivity index (χ1) is 13.3. The molecule has 2 aromatic carbocycles. The summed E-state index contributed by atoms with van der Waals surface area (Å²) in [4.78, 5) is 23.2. The molecule has 0 bridgehead atoms. The predicted molar refractivity (Wildman–Crippen MR) is 103 cm³/mol. The van der Waals surface area contributed by atoms with Crippen molar-refractivity contribution in [3.05, 3.63) is 71.0 Å². The first-order valence-electron chi connectivity index (χ1n) is 9.04. The number of hydrogen-bond acceptors (Lipinski definition) is 4. The number of carboxylic acid groups (broad SMARTS) is 2. The van der Waals surface area contributed by atoms with Crippen LogP contribution < -0.4 is 0 Å². The van der Waals surface area contributed by atoms with Gasteiger partial charge in [0.1, 0.15) is 5.82 Å². The van der Waals surface area contributed by atoms with Gasteiger partial charge in [-0.15, -0.1) is 0 Å². The zero-order valence-corrected chi connectivity index (χ0v) is 15.8. The van der Waals surface area contributed by atoms with Crippen LogP contribution in [0.3, 0.4) is 0 Å². The zero-order valence-electron chi connectivity index (χ0n) is 15.8. The Bertz CT molecular complexity index is 775. The van der Waals surface area contributed by atoms with Crippen molar-refractivity contribution in [2.24, 2.45) is 0 Å². The highest BCUT2D eigenvalue weighted by Crippen LogP contribution is 2.13. The molecule has 0 amide bonds. The van der Waals surface area contributed by atoms with Crippen molar-refractivity contribution >= 4 is 11.9 Å². The van der Waals surface area contributed by atoms with E-state index in [0.29, 0.717) is 0 Å². The lowest BCUT2D eigenvalue weighted by molar-refractivity contribution is -0.159. The SMILES string of the molecule is Cc1cccc(CN2CCN(Cc3ccc(F)cc3)CC2)c1.O=C(O)C(=O)O. The first-order valence-corrected chi connectivity index (χ1v) is 9.04. The fraction of sp³-hybridized carbons (Fsp3) is 0.333. The van der Waals surface area contributed by atoms with Crippen molar-refractivity contribution in [2.75, 3.05) is 26.2 Å². The highest BCUT2D eigenvalue weighted by molar-refractivity contribution is 6.27. The van der Waals surface area contributed by atoms with E-state index in [-0.39, 0.29) is 5.82 Å². The molecule has 1 aliphatic heterocycles. The number of nitrogens with zero attached hydrogens (tertiary/aromatic N) is 2. The van der Waals surface area contributed by atoms with Crippen LogP contribution in [0.15, 0.2) is 48.5 Å².